The van der Waals surface area contributed by atoms with Crippen LogP contribution in [0.25, 0.3) is 10.9 Å². The topological polar surface area (TPSA) is 54.6 Å². The van der Waals surface area contributed by atoms with E-state index >= 15 is 0 Å². The average molecular weight is 334 g/mol. The van der Waals surface area contributed by atoms with E-state index in [0.717, 1.165) is 29.6 Å². The van der Waals surface area contributed by atoms with Gasteiger partial charge in [-0.3, -0.25) is 9.79 Å². The molecule has 0 radical (unpaired) electrons. The molecule has 0 fully saturated rings. The lowest BCUT2D eigenvalue weighted by Gasteiger charge is -2.13. The summed E-state index contributed by atoms with van der Waals surface area (Å²) in [6.07, 6.45) is 3.37. The smallest absolute Gasteiger partial charge is 0.263 e. The fraction of sp³-hybridized carbons (Fsp3) is 0.238. The van der Waals surface area contributed by atoms with E-state index < -0.39 is 0 Å². The van der Waals surface area contributed by atoms with E-state index in [1.807, 2.05) is 55.5 Å². The molecule has 128 valence electrons. The molecular weight excluding hydrogens is 312 g/mol. The molecule has 3 rings (SSSR count). The molecule has 0 bridgehead atoms. The van der Waals surface area contributed by atoms with Crippen LogP contribution in [0, 0.1) is 6.92 Å². The predicted octanol–water partition coefficient (Wildman–Crippen LogP) is 4.57. The van der Waals surface area contributed by atoms with Crippen molar-refractivity contribution in [3.63, 3.8) is 0 Å². The summed E-state index contributed by atoms with van der Waals surface area (Å²) in [5.41, 5.74) is 2.67. The van der Waals surface area contributed by atoms with Crippen LogP contribution in [-0.2, 0) is 6.54 Å². The number of aliphatic imine (C=N–C) groups is 1. The molecule has 0 saturated heterocycles. The molecular formula is C21H22N2O2. The molecule has 0 saturated carbocycles. The zero-order valence-electron chi connectivity index (χ0n) is 14.6. The van der Waals surface area contributed by atoms with E-state index in [0.29, 0.717) is 11.9 Å². The number of rotatable bonds is 5. The molecule has 0 amide bonds. The van der Waals surface area contributed by atoms with Crippen LogP contribution in [0.2, 0.25) is 0 Å². The van der Waals surface area contributed by atoms with E-state index in [1.165, 1.54) is 6.21 Å². The summed E-state index contributed by atoms with van der Waals surface area (Å²) in [4.78, 5) is 17.3. The van der Waals surface area contributed by atoms with Crippen LogP contribution in [0.3, 0.4) is 0 Å². The fourth-order valence-electron chi connectivity index (χ4n) is 2.83. The van der Waals surface area contributed by atoms with E-state index in [1.54, 1.807) is 4.57 Å². The Hall–Kier alpha value is -2.88. The maximum atomic E-state index is 12.9. The highest BCUT2D eigenvalue weighted by atomic mass is 16.3. The van der Waals surface area contributed by atoms with Gasteiger partial charge >= 0.3 is 0 Å². The maximum absolute atomic E-state index is 12.9. The number of hydrogen-bond acceptors (Lipinski definition) is 3. The van der Waals surface area contributed by atoms with Gasteiger partial charge in [0.05, 0.1) is 11.2 Å². The van der Waals surface area contributed by atoms with Crippen molar-refractivity contribution in [2.24, 2.45) is 4.99 Å². The Kier molecular flexibility index (Phi) is 4.98. The largest absolute Gasteiger partial charge is 0.506 e. The fourth-order valence-corrected chi connectivity index (χ4v) is 2.83. The molecule has 0 spiro atoms. The average Bonchev–Trinajstić information content (AvgIpc) is 2.63. The summed E-state index contributed by atoms with van der Waals surface area (Å²) >= 11 is 0. The highest BCUT2D eigenvalue weighted by Gasteiger charge is 2.14. The predicted molar refractivity (Wildman–Crippen MR) is 103 cm³/mol. The Balaban J connectivity index is 2.13. The second-order valence-electron chi connectivity index (χ2n) is 6.18. The van der Waals surface area contributed by atoms with Gasteiger partial charge in [0.1, 0.15) is 11.3 Å². The monoisotopic (exact) mass is 334 g/mol. The minimum atomic E-state index is -0.208. The lowest BCUT2D eigenvalue weighted by molar-refractivity contribution is 0.477. The van der Waals surface area contributed by atoms with Crippen LogP contribution in [0.4, 0.5) is 5.69 Å². The molecule has 0 atom stereocenters. The molecule has 0 aliphatic heterocycles. The van der Waals surface area contributed by atoms with Crippen molar-refractivity contribution in [3.05, 3.63) is 70.0 Å². The molecule has 3 aromatic rings. The molecule has 2 aromatic carbocycles. The van der Waals surface area contributed by atoms with E-state index in [9.17, 15) is 9.90 Å². The van der Waals surface area contributed by atoms with Crippen molar-refractivity contribution < 1.29 is 5.11 Å². The number of fused-ring (bicyclic) bond motifs is 1. The summed E-state index contributed by atoms with van der Waals surface area (Å²) in [6, 6.07) is 15.1. The molecule has 0 aliphatic rings. The van der Waals surface area contributed by atoms with Crippen molar-refractivity contribution in [1.82, 2.24) is 4.57 Å². The second kappa shape index (κ2) is 7.34. The lowest BCUT2D eigenvalue weighted by Crippen LogP contribution is -2.24. The van der Waals surface area contributed by atoms with Crippen molar-refractivity contribution in [2.75, 3.05) is 0 Å². The minimum Gasteiger partial charge on any atom is -0.506 e. The first-order valence-electron chi connectivity index (χ1n) is 8.57. The van der Waals surface area contributed by atoms with Crippen molar-refractivity contribution >= 4 is 22.8 Å². The highest BCUT2D eigenvalue weighted by molar-refractivity contribution is 5.95. The first-order chi connectivity index (χ1) is 12.1. The number of aromatic nitrogens is 1. The second-order valence-corrected chi connectivity index (χ2v) is 6.18. The Morgan fingerprint density at radius 3 is 2.56 bits per heavy atom. The summed E-state index contributed by atoms with van der Waals surface area (Å²) < 4.78 is 1.73. The Labute approximate surface area is 147 Å². The molecule has 4 heteroatoms. The van der Waals surface area contributed by atoms with Crippen molar-refractivity contribution in [2.45, 2.75) is 33.2 Å². The van der Waals surface area contributed by atoms with Crippen LogP contribution in [-0.4, -0.2) is 15.9 Å². The van der Waals surface area contributed by atoms with E-state index in [2.05, 4.69) is 11.9 Å². The first-order valence-corrected chi connectivity index (χ1v) is 8.57. The molecule has 1 aromatic heterocycles. The molecule has 0 aliphatic carbocycles. The van der Waals surface area contributed by atoms with Gasteiger partial charge < -0.3 is 9.67 Å². The quantitative estimate of drug-likeness (QED) is 0.695. The lowest BCUT2D eigenvalue weighted by atomic mass is 10.1. The van der Waals surface area contributed by atoms with Crippen LogP contribution in [0.5, 0.6) is 5.75 Å². The van der Waals surface area contributed by atoms with Crippen LogP contribution < -0.4 is 5.56 Å². The van der Waals surface area contributed by atoms with Crippen LogP contribution in [0.15, 0.2) is 58.3 Å². The summed E-state index contributed by atoms with van der Waals surface area (Å²) in [5, 5.41) is 11.3. The summed E-state index contributed by atoms with van der Waals surface area (Å²) in [7, 11) is 0. The number of aromatic hydroxyl groups is 1. The van der Waals surface area contributed by atoms with E-state index in [-0.39, 0.29) is 16.9 Å². The number of unbranched alkanes of at least 4 members (excludes halogenated alkanes) is 1. The van der Waals surface area contributed by atoms with Gasteiger partial charge in [0, 0.05) is 18.1 Å². The summed E-state index contributed by atoms with van der Waals surface area (Å²) in [6.45, 7) is 4.73. The third kappa shape index (κ3) is 3.48. The normalized spacial score (nSPS) is 11.4. The van der Waals surface area contributed by atoms with Crippen LogP contribution >= 0.6 is 0 Å². The Morgan fingerprint density at radius 2 is 1.84 bits per heavy atom. The number of para-hydroxylation sites is 1. The molecule has 25 heavy (non-hydrogen) atoms. The third-order valence-electron chi connectivity index (χ3n) is 4.29. The maximum Gasteiger partial charge on any atom is 0.263 e. The van der Waals surface area contributed by atoms with Crippen molar-refractivity contribution in [3.8, 4) is 5.75 Å². The molecule has 0 unspecified atom stereocenters. The van der Waals surface area contributed by atoms with Gasteiger partial charge in [-0.05, 0) is 37.6 Å². The SMILES string of the molecule is CCCCn1c(=O)c(C=Nc2ccc(C)cc2)c(O)c2ccccc21. The van der Waals surface area contributed by atoms with Crippen molar-refractivity contribution in [1.29, 1.82) is 0 Å². The molecule has 1 heterocycles. The standard InChI is InChI=1S/C21H22N2O2/c1-3-4-13-23-19-8-6-5-7-17(19)20(24)18(21(23)25)14-22-16-11-9-15(2)10-12-16/h5-12,14,24H,3-4,13H2,1-2H3. The number of hydrogen-bond donors (Lipinski definition) is 1. The van der Waals surface area contributed by atoms with Gasteiger partial charge in [-0.1, -0.05) is 43.2 Å². The van der Waals surface area contributed by atoms with Crippen LogP contribution in [0.1, 0.15) is 30.9 Å². The molecule has 1 N–H and O–H groups in total. The summed E-state index contributed by atoms with van der Waals surface area (Å²) in [5.74, 6) is -0.00999. The third-order valence-corrected chi connectivity index (χ3v) is 4.29. The number of aryl methyl sites for hydroxylation is 2. The van der Waals surface area contributed by atoms with Gasteiger partial charge in [-0.15, -0.1) is 0 Å². The van der Waals surface area contributed by atoms with Gasteiger partial charge in [-0.2, -0.15) is 0 Å². The zero-order valence-corrected chi connectivity index (χ0v) is 14.6. The number of nitrogens with zero attached hydrogens (tertiary/aromatic N) is 2. The first kappa shape index (κ1) is 17.0. The zero-order chi connectivity index (χ0) is 17.8. The van der Waals surface area contributed by atoms with Gasteiger partial charge in [-0.25, -0.2) is 0 Å². The Bertz CT molecular complexity index is 970. The van der Waals surface area contributed by atoms with Gasteiger partial charge in [0.2, 0.25) is 0 Å². The minimum absolute atomic E-state index is 0.00999. The number of benzene rings is 2. The van der Waals surface area contributed by atoms with E-state index in [4.69, 9.17) is 0 Å². The van der Waals surface area contributed by atoms with Gasteiger partial charge in [0.25, 0.3) is 5.56 Å². The van der Waals surface area contributed by atoms with Gasteiger partial charge in [0.15, 0.2) is 0 Å². The molecule has 4 nitrogen and oxygen atoms in total. The number of pyridine rings is 1. The highest BCUT2D eigenvalue weighted by Crippen LogP contribution is 2.26. The Morgan fingerprint density at radius 1 is 1.12 bits per heavy atom.